The summed E-state index contributed by atoms with van der Waals surface area (Å²) in [5.41, 5.74) is 1.86. The summed E-state index contributed by atoms with van der Waals surface area (Å²) in [7, 11) is 0. The van der Waals surface area contributed by atoms with E-state index >= 15 is 0 Å². The van der Waals surface area contributed by atoms with Gasteiger partial charge in [-0.3, -0.25) is 4.79 Å². The van der Waals surface area contributed by atoms with Crippen molar-refractivity contribution in [2.75, 3.05) is 31.1 Å². The van der Waals surface area contributed by atoms with Crippen molar-refractivity contribution in [2.45, 2.75) is 57.5 Å². The van der Waals surface area contributed by atoms with Gasteiger partial charge in [0.05, 0.1) is 11.1 Å². The molecule has 2 atom stereocenters. The number of fused-ring (bicyclic) bond motifs is 1. The maximum Gasteiger partial charge on any atom is 0.223 e. The van der Waals surface area contributed by atoms with Gasteiger partial charge < -0.3 is 14.9 Å². The summed E-state index contributed by atoms with van der Waals surface area (Å²) in [6.07, 6.45) is 6.99. The summed E-state index contributed by atoms with van der Waals surface area (Å²) in [4.78, 5) is 22.5. The van der Waals surface area contributed by atoms with Crippen LogP contribution in [0.5, 0.6) is 0 Å². The van der Waals surface area contributed by atoms with Gasteiger partial charge in [0, 0.05) is 38.0 Å². The Kier molecular flexibility index (Phi) is 4.37. The van der Waals surface area contributed by atoms with Gasteiger partial charge in [-0.15, -0.1) is 0 Å². The minimum Gasteiger partial charge on any atom is -0.390 e. The summed E-state index contributed by atoms with van der Waals surface area (Å²) in [6, 6.07) is 10.5. The Balaban J connectivity index is 1.12. The van der Waals surface area contributed by atoms with Crippen LogP contribution in [0.4, 0.5) is 5.82 Å². The van der Waals surface area contributed by atoms with Crippen LogP contribution in [-0.2, 0) is 4.79 Å². The van der Waals surface area contributed by atoms with Crippen LogP contribution in [0.3, 0.4) is 0 Å². The molecule has 1 aromatic carbocycles. The molecule has 2 unspecified atom stereocenters. The fourth-order valence-electron chi connectivity index (χ4n) is 7.72. The third-order valence-electron chi connectivity index (χ3n) is 8.54. The van der Waals surface area contributed by atoms with Crippen molar-refractivity contribution in [3.63, 3.8) is 0 Å². The van der Waals surface area contributed by atoms with Crippen molar-refractivity contribution < 1.29 is 9.90 Å². The molecule has 4 bridgehead atoms. The number of pyridine rings is 1. The van der Waals surface area contributed by atoms with Crippen LogP contribution < -0.4 is 4.90 Å². The molecule has 5 heteroatoms. The Morgan fingerprint density at radius 2 is 1.81 bits per heavy atom. The largest absolute Gasteiger partial charge is 0.390 e. The predicted octanol–water partition coefficient (Wildman–Crippen LogP) is 3.91. The highest BCUT2D eigenvalue weighted by Gasteiger charge is 2.57. The second-order valence-electron chi connectivity index (χ2n) is 11.0. The topological polar surface area (TPSA) is 56.7 Å². The molecule has 31 heavy (non-hydrogen) atoms. The predicted molar refractivity (Wildman–Crippen MR) is 122 cm³/mol. The highest BCUT2D eigenvalue weighted by atomic mass is 16.3. The number of carbonyl (C=O) groups is 1. The van der Waals surface area contributed by atoms with Crippen molar-refractivity contribution in [3.8, 4) is 0 Å². The van der Waals surface area contributed by atoms with Crippen molar-refractivity contribution in [3.05, 3.63) is 35.9 Å². The van der Waals surface area contributed by atoms with Gasteiger partial charge in [0.2, 0.25) is 5.91 Å². The first-order valence-electron chi connectivity index (χ1n) is 12.0. The van der Waals surface area contributed by atoms with Crippen molar-refractivity contribution in [1.82, 2.24) is 9.88 Å². The zero-order valence-corrected chi connectivity index (χ0v) is 18.5. The fourth-order valence-corrected chi connectivity index (χ4v) is 7.72. The summed E-state index contributed by atoms with van der Waals surface area (Å²) in [5, 5.41) is 12.2. The average Bonchev–Trinajstić information content (AvgIpc) is 2.72. The highest BCUT2D eigenvalue weighted by molar-refractivity contribution is 5.84. The van der Waals surface area contributed by atoms with Crippen LogP contribution in [-0.4, -0.2) is 52.7 Å². The minimum absolute atomic E-state index is 0.0596. The van der Waals surface area contributed by atoms with E-state index in [0.717, 1.165) is 69.6 Å². The Morgan fingerprint density at radius 3 is 2.52 bits per heavy atom. The molecule has 164 valence electrons. The molecule has 7 rings (SSSR count). The molecule has 0 spiro atoms. The quantitative estimate of drug-likeness (QED) is 0.819. The van der Waals surface area contributed by atoms with E-state index in [1.807, 2.05) is 6.07 Å². The van der Waals surface area contributed by atoms with E-state index in [1.54, 1.807) is 0 Å². The Labute approximate surface area is 184 Å². The number of aryl methyl sites for hydroxylation is 1. The average molecular weight is 420 g/mol. The fraction of sp³-hybridized carbons (Fsp3) is 0.615. The molecule has 1 N–H and O–H groups in total. The number of hydrogen-bond acceptors (Lipinski definition) is 4. The molecule has 1 saturated heterocycles. The first kappa shape index (κ1) is 19.5. The number of carbonyl (C=O) groups excluding carboxylic acids is 1. The third kappa shape index (κ3) is 3.42. The van der Waals surface area contributed by atoms with Crippen molar-refractivity contribution >= 4 is 22.6 Å². The lowest BCUT2D eigenvalue weighted by Crippen LogP contribution is -2.57. The molecule has 5 fully saturated rings. The lowest BCUT2D eigenvalue weighted by atomic mass is 9.47. The number of piperazine rings is 1. The summed E-state index contributed by atoms with van der Waals surface area (Å²) in [6.45, 7) is 5.34. The lowest BCUT2D eigenvalue weighted by molar-refractivity contribution is -0.172. The molecule has 4 saturated carbocycles. The van der Waals surface area contributed by atoms with E-state index in [-0.39, 0.29) is 5.41 Å². The standard InChI is InChI=1S/C26H33N3O2/c1-18-10-23(27-22-5-3-2-4-21(18)22)28-6-8-29(9-7-28)24(30)16-25-12-19-11-20(13-25)15-26(31,14-19)17-25/h2-5,10,19-20,31H,6-9,11-17H2,1H3. The third-order valence-corrected chi connectivity index (χ3v) is 8.54. The Bertz CT molecular complexity index is 1010. The van der Waals surface area contributed by atoms with E-state index in [2.05, 4.69) is 41.0 Å². The zero-order chi connectivity index (χ0) is 21.2. The van der Waals surface area contributed by atoms with Gasteiger partial charge in [-0.2, -0.15) is 0 Å². The van der Waals surface area contributed by atoms with Crippen molar-refractivity contribution in [2.24, 2.45) is 17.3 Å². The maximum atomic E-state index is 13.3. The smallest absolute Gasteiger partial charge is 0.223 e. The molecule has 1 aliphatic heterocycles. The van der Waals surface area contributed by atoms with E-state index in [9.17, 15) is 9.90 Å². The molecule has 4 aliphatic carbocycles. The number of aromatic nitrogens is 1. The molecule has 1 amide bonds. The molecule has 2 aromatic rings. The van der Waals surface area contributed by atoms with Crippen LogP contribution in [0.2, 0.25) is 0 Å². The number of benzene rings is 1. The van der Waals surface area contributed by atoms with Gasteiger partial charge in [-0.25, -0.2) is 4.98 Å². The normalized spacial score (nSPS) is 34.5. The van der Waals surface area contributed by atoms with Crippen LogP contribution in [0.25, 0.3) is 10.9 Å². The molecular formula is C26H33N3O2. The van der Waals surface area contributed by atoms with Crippen LogP contribution in [0.15, 0.2) is 30.3 Å². The van der Waals surface area contributed by atoms with E-state index in [4.69, 9.17) is 4.98 Å². The molecule has 1 aromatic heterocycles. The maximum absolute atomic E-state index is 13.3. The van der Waals surface area contributed by atoms with Gasteiger partial charge in [-0.05, 0) is 80.4 Å². The first-order chi connectivity index (χ1) is 14.9. The van der Waals surface area contributed by atoms with Gasteiger partial charge in [-0.1, -0.05) is 18.2 Å². The number of nitrogens with zero attached hydrogens (tertiary/aromatic N) is 3. The number of hydrogen-bond donors (Lipinski definition) is 1. The van der Waals surface area contributed by atoms with Gasteiger partial charge in [0.1, 0.15) is 5.82 Å². The monoisotopic (exact) mass is 419 g/mol. The number of anilines is 1. The van der Waals surface area contributed by atoms with Gasteiger partial charge in [0.15, 0.2) is 0 Å². The highest BCUT2D eigenvalue weighted by Crippen LogP contribution is 2.62. The van der Waals surface area contributed by atoms with Crippen LogP contribution in [0.1, 0.15) is 50.5 Å². The molecule has 5 nitrogen and oxygen atoms in total. The van der Waals surface area contributed by atoms with Crippen molar-refractivity contribution in [1.29, 1.82) is 0 Å². The van der Waals surface area contributed by atoms with E-state index < -0.39 is 5.60 Å². The second kappa shape index (κ2) is 6.93. The first-order valence-corrected chi connectivity index (χ1v) is 12.0. The molecule has 2 heterocycles. The summed E-state index contributed by atoms with van der Waals surface area (Å²) in [5.74, 6) is 2.59. The summed E-state index contributed by atoms with van der Waals surface area (Å²) < 4.78 is 0. The number of aliphatic hydroxyl groups is 1. The SMILES string of the molecule is Cc1cc(N2CCN(C(=O)CC34CC5CC(CC(O)(C5)C3)C4)CC2)nc2ccccc12. The van der Waals surface area contributed by atoms with E-state index in [0.29, 0.717) is 24.2 Å². The number of rotatable bonds is 3. The Hall–Kier alpha value is -2.14. The Morgan fingerprint density at radius 1 is 1.10 bits per heavy atom. The number of para-hydroxylation sites is 1. The number of amides is 1. The van der Waals surface area contributed by atoms with Gasteiger partial charge in [0.25, 0.3) is 0 Å². The minimum atomic E-state index is -0.483. The van der Waals surface area contributed by atoms with Crippen LogP contribution in [0, 0.1) is 24.2 Å². The second-order valence-corrected chi connectivity index (χ2v) is 11.0. The zero-order valence-electron chi connectivity index (χ0n) is 18.5. The molecule has 5 aliphatic rings. The molecule has 0 radical (unpaired) electrons. The summed E-state index contributed by atoms with van der Waals surface area (Å²) >= 11 is 0. The van der Waals surface area contributed by atoms with Crippen LogP contribution >= 0.6 is 0 Å². The lowest BCUT2D eigenvalue weighted by Gasteiger charge is -2.60. The molecular weight excluding hydrogens is 386 g/mol. The van der Waals surface area contributed by atoms with E-state index in [1.165, 1.54) is 17.4 Å². The van der Waals surface area contributed by atoms with Gasteiger partial charge >= 0.3 is 0 Å².